The molecule has 2 aromatic rings. The van der Waals surface area contributed by atoms with Gasteiger partial charge in [0.05, 0.1) is 30.5 Å². The Morgan fingerprint density at radius 2 is 2.18 bits per heavy atom. The first-order valence-corrected chi connectivity index (χ1v) is 9.59. The minimum absolute atomic E-state index is 0.0955. The molecule has 2 atom stereocenters. The van der Waals surface area contributed by atoms with Crippen LogP contribution in [0, 0.1) is 12.8 Å². The molecule has 1 aliphatic carbocycles. The van der Waals surface area contributed by atoms with Crippen LogP contribution in [0.1, 0.15) is 50.9 Å². The number of ether oxygens (including phenoxy) is 2. The second-order valence-corrected chi connectivity index (χ2v) is 7.40. The van der Waals surface area contributed by atoms with E-state index in [0.717, 1.165) is 19.3 Å². The molecule has 1 saturated carbocycles. The van der Waals surface area contributed by atoms with Gasteiger partial charge in [-0.15, -0.1) is 5.10 Å². The Kier molecular flexibility index (Phi) is 6.23. The van der Waals surface area contributed by atoms with E-state index in [4.69, 9.17) is 9.47 Å². The van der Waals surface area contributed by atoms with Gasteiger partial charge in [-0.2, -0.15) is 0 Å². The summed E-state index contributed by atoms with van der Waals surface area (Å²) in [6.45, 7) is 5.34. The fourth-order valence-corrected chi connectivity index (χ4v) is 3.41. The van der Waals surface area contributed by atoms with E-state index in [1.165, 1.54) is 4.68 Å². The van der Waals surface area contributed by atoms with E-state index in [-0.39, 0.29) is 30.7 Å². The summed E-state index contributed by atoms with van der Waals surface area (Å²) in [4.78, 5) is 21.1. The maximum absolute atomic E-state index is 12.2. The summed E-state index contributed by atoms with van der Waals surface area (Å²) < 4.78 is 12.9. The van der Waals surface area contributed by atoms with Crippen LogP contribution in [0.15, 0.2) is 6.20 Å². The third kappa shape index (κ3) is 4.46. The van der Waals surface area contributed by atoms with Crippen LogP contribution in [0.3, 0.4) is 0 Å². The number of nitrogens with zero attached hydrogens (tertiary/aromatic N) is 5. The maximum Gasteiger partial charge on any atom is 0.309 e. The van der Waals surface area contributed by atoms with Crippen molar-refractivity contribution in [2.45, 2.75) is 65.3 Å². The summed E-state index contributed by atoms with van der Waals surface area (Å²) in [5.41, 5.74) is 2.23. The lowest BCUT2D eigenvalue weighted by atomic mass is 9.87. The van der Waals surface area contributed by atoms with Gasteiger partial charge in [-0.1, -0.05) is 5.21 Å². The van der Waals surface area contributed by atoms with Crippen molar-refractivity contribution in [2.24, 2.45) is 13.0 Å². The van der Waals surface area contributed by atoms with Crippen LogP contribution in [-0.4, -0.2) is 48.2 Å². The number of carbonyl (C=O) groups is 1. The number of rotatable bonds is 6. The monoisotopic (exact) mass is 389 g/mol. The Morgan fingerprint density at radius 3 is 2.86 bits per heavy atom. The molecule has 1 aliphatic rings. The fourth-order valence-electron chi connectivity index (χ4n) is 3.41. The van der Waals surface area contributed by atoms with Gasteiger partial charge < -0.3 is 14.6 Å². The molecule has 9 nitrogen and oxygen atoms in total. The highest BCUT2D eigenvalue weighted by Crippen LogP contribution is 2.30. The molecule has 0 saturated heterocycles. The molecule has 152 valence electrons. The van der Waals surface area contributed by atoms with Crippen LogP contribution < -0.4 is 4.74 Å². The van der Waals surface area contributed by atoms with Gasteiger partial charge in [0.25, 0.3) is 0 Å². The average molecular weight is 389 g/mol. The van der Waals surface area contributed by atoms with Crippen LogP contribution >= 0.6 is 0 Å². The van der Waals surface area contributed by atoms with E-state index in [2.05, 4.69) is 20.3 Å². The highest BCUT2D eigenvalue weighted by Gasteiger charge is 2.30. The Morgan fingerprint density at radius 1 is 1.39 bits per heavy atom. The molecular formula is C19H27N5O4. The topological polar surface area (TPSA) is 112 Å². The lowest BCUT2D eigenvalue weighted by Crippen LogP contribution is -2.32. The number of esters is 1. The molecule has 3 rings (SSSR count). The zero-order chi connectivity index (χ0) is 20.3. The van der Waals surface area contributed by atoms with E-state index in [1.807, 2.05) is 20.8 Å². The van der Waals surface area contributed by atoms with E-state index in [9.17, 15) is 9.90 Å². The molecule has 1 fully saturated rings. The van der Waals surface area contributed by atoms with Crippen molar-refractivity contribution in [3.63, 3.8) is 0 Å². The SMILES string of the molecule is Cc1nc(-c2nnn(C)c2CO)cnc1O[C@H]1CCC[C@H](C(=O)OC(C)C)C1. The predicted octanol–water partition coefficient (Wildman–Crippen LogP) is 1.96. The molecule has 0 unspecified atom stereocenters. The molecule has 0 aromatic carbocycles. The zero-order valence-corrected chi connectivity index (χ0v) is 16.8. The quantitative estimate of drug-likeness (QED) is 0.746. The maximum atomic E-state index is 12.2. The molecular weight excluding hydrogens is 362 g/mol. The summed E-state index contributed by atoms with van der Waals surface area (Å²) in [7, 11) is 1.71. The number of hydrogen-bond donors (Lipinski definition) is 1. The minimum Gasteiger partial charge on any atom is -0.473 e. The first kappa shape index (κ1) is 20.2. The Balaban J connectivity index is 1.70. The normalized spacial score (nSPS) is 19.6. The number of aliphatic hydroxyl groups excluding tert-OH is 1. The van der Waals surface area contributed by atoms with Gasteiger partial charge in [-0.05, 0) is 46.5 Å². The molecule has 0 radical (unpaired) electrons. The summed E-state index contributed by atoms with van der Waals surface area (Å²) in [6.07, 6.45) is 4.58. The van der Waals surface area contributed by atoms with Crippen LogP contribution in [0.5, 0.6) is 5.88 Å². The smallest absolute Gasteiger partial charge is 0.309 e. The highest BCUT2D eigenvalue weighted by atomic mass is 16.5. The van der Waals surface area contributed by atoms with E-state index >= 15 is 0 Å². The Hall–Kier alpha value is -2.55. The number of hydrogen-bond acceptors (Lipinski definition) is 8. The molecule has 28 heavy (non-hydrogen) atoms. The van der Waals surface area contributed by atoms with Gasteiger partial charge in [0.15, 0.2) is 0 Å². The van der Waals surface area contributed by atoms with Crippen molar-refractivity contribution in [3.05, 3.63) is 17.6 Å². The Bertz CT molecular complexity index is 836. The van der Waals surface area contributed by atoms with Gasteiger partial charge in [-0.25, -0.2) is 14.6 Å². The predicted molar refractivity (Wildman–Crippen MR) is 100 cm³/mol. The largest absolute Gasteiger partial charge is 0.473 e. The van der Waals surface area contributed by atoms with Crippen LogP contribution in [0.25, 0.3) is 11.4 Å². The van der Waals surface area contributed by atoms with Gasteiger partial charge in [0.2, 0.25) is 5.88 Å². The number of aryl methyl sites for hydroxylation is 2. The van der Waals surface area contributed by atoms with Crippen molar-refractivity contribution in [2.75, 3.05) is 0 Å². The standard InChI is InChI=1S/C19H27N5O4/c1-11(2)27-19(26)13-6-5-7-14(8-13)28-18-12(3)21-15(9-20-18)17-16(10-25)24(4)23-22-17/h9,11,13-14,25H,5-8,10H2,1-4H3/t13-,14-/m0/s1. The molecule has 0 aliphatic heterocycles. The van der Waals surface area contributed by atoms with Crippen molar-refractivity contribution >= 4 is 5.97 Å². The van der Waals surface area contributed by atoms with E-state index in [1.54, 1.807) is 13.2 Å². The van der Waals surface area contributed by atoms with Crippen molar-refractivity contribution in [1.29, 1.82) is 0 Å². The molecule has 1 N–H and O–H groups in total. The van der Waals surface area contributed by atoms with Gasteiger partial charge in [-0.3, -0.25) is 4.79 Å². The minimum atomic E-state index is -0.187. The summed E-state index contributed by atoms with van der Waals surface area (Å²) in [6, 6.07) is 0. The fraction of sp³-hybridized carbons (Fsp3) is 0.632. The number of aromatic nitrogens is 5. The van der Waals surface area contributed by atoms with Gasteiger partial charge in [0.1, 0.15) is 23.2 Å². The van der Waals surface area contributed by atoms with Gasteiger partial charge in [0, 0.05) is 7.05 Å². The van der Waals surface area contributed by atoms with Crippen molar-refractivity contribution in [3.8, 4) is 17.3 Å². The average Bonchev–Trinajstić information content (AvgIpc) is 3.03. The zero-order valence-electron chi connectivity index (χ0n) is 16.8. The third-order valence-electron chi connectivity index (χ3n) is 4.83. The summed E-state index contributed by atoms with van der Waals surface area (Å²) in [5.74, 6) is 0.155. The Labute approximate surface area is 164 Å². The summed E-state index contributed by atoms with van der Waals surface area (Å²) >= 11 is 0. The molecule has 0 amide bonds. The number of aliphatic hydroxyl groups is 1. The van der Waals surface area contributed by atoms with Crippen LogP contribution in [-0.2, 0) is 23.2 Å². The molecule has 2 aromatic heterocycles. The lowest BCUT2D eigenvalue weighted by Gasteiger charge is -2.28. The summed E-state index contributed by atoms with van der Waals surface area (Å²) in [5, 5.41) is 17.5. The second kappa shape index (κ2) is 8.64. The number of carbonyl (C=O) groups excluding carboxylic acids is 1. The van der Waals surface area contributed by atoms with E-state index in [0.29, 0.717) is 35.1 Å². The molecule has 0 bridgehead atoms. The molecule has 0 spiro atoms. The van der Waals surface area contributed by atoms with Gasteiger partial charge >= 0.3 is 5.97 Å². The van der Waals surface area contributed by atoms with Crippen molar-refractivity contribution in [1.82, 2.24) is 25.0 Å². The highest BCUT2D eigenvalue weighted by molar-refractivity contribution is 5.72. The first-order chi connectivity index (χ1) is 13.4. The van der Waals surface area contributed by atoms with Crippen LogP contribution in [0.2, 0.25) is 0 Å². The second-order valence-electron chi connectivity index (χ2n) is 7.40. The van der Waals surface area contributed by atoms with Crippen molar-refractivity contribution < 1.29 is 19.4 Å². The molecule has 2 heterocycles. The third-order valence-corrected chi connectivity index (χ3v) is 4.83. The van der Waals surface area contributed by atoms with Crippen LogP contribution in [0.4, 0.5) is 0 Å². The van der Waals surface area contributed by atoms with E-state index < -0.39 is 0 Å². The first-order valence-electron chi connectivity index (χ1n) is 9.59. The lowest BCUT2D eigenvalue weighted by molar-refractivity contribution is -0.154. The molecule has 9 heteroatoms.